The molecule has 102 valence electrons. The number of anilines is 1. The van der Waals surface area contributed by atoms with Crippen molar-refractivity contribution in [2.45, 2.75) is 20.3 Å². The molecule has 20 heavy (non-hydrogen) atoms. The minimum Gasteiger partial charge on any atom is -0.372 e. The van der Waals surface area contributed by atoms with Crippen LogP contribution in [0.2, 0.25) is 0 Å². The van der Waals surface area contributed by atoms with E-state index in [4.69, 9.17) is 4.98 Å². The Labute approximate surface area is 122 Å². The topological polar surface area (TPSA) is 37.8 Å². The van der Waals surface area contributed by atoms with Gasteiger partial charge in [-0.3, -0.25) is 0 Å². The standard InChI is InChI=1S/C16H17N3S/c1-10-6-4-5-7-12(10)9-14-18-15(17-3)13-8-11(2)20-16(13)19-14/h4-8H,9H2,1-3H3,(H,17,18,19). The van der Waals surface area contributed by atoms with Crippen molar-refractivity contribution in [3.8, 4) is 0 Å². The molecule has 3 aromatic rings. The van der Waals surface area contributed by atoms with E-state index >= 15 is 0 Å². The van der Waals surface area contributed by atoms with Crippen molar-refractivity contribution in [1.82, 2.24) is 9.97 Å². The summed E-state index contributed by atoms with van der Waals surface area (Å²) in [5.41, 5.74) is 2.56. The average Bonchev–Trinajstić information content (AvgIpc) is 2.80. The van der Waals surface area contributed by atoms with Crippen molar-refractivity contribution >= 4 is 27.4 Å². The fourth-order valence-electron chi connectivity index (χ4n) is 2.33. The van der Waals surface area contributed by atoms with Crippen LogP contribution in [0.1, 0.15) is 21.8 Å². The van der Waals surface area contributed by atoms with E-state index < -0.39 is 0 Å². The second-order valence-electron chi connectivity index (χ2n) is 4.92. The second-order valence-corrected chi connectivity index (χ2v) is 6.15. The van der Waals surface area contributed by atoms with Gasteiger partial charge in [0.1, 0.15) is 16.5 Å². The summed E-state index contributed by atoms with van der Waals surface area (Å²) in [7, 11) is 1.91. The Balaban J connectivity index is 2.06. The van der Waals surface area contributed by atoms with Gasteiger partial charge in [-0.2, -0.15) is 0 Å². The lowest BCUT2D eigenvalue weighted by atomic mass is 10.1. The molecule has 1 aromatic carbocycles. The zero-order valence-corrected chi connectivity index (χ0v) is 12.7. The van der Waals surface area contributed by atoms with Crippen LogP contribution in [0, 0.1) is 13.8 Å². The van der Waals surface area contributed by atoms with E-state index in [-0.39, 0.29) is 0 Å². The number of rotatable bonds is 3. The highest BCUT2D eigenvalue weighted by Gasteiger charge is 2.10. The molecule has 0 amide bonds. The number of benzene rings is 1. The molecule has 0 unspecified atom stereocenters. The maximum atomic E-state index is 4.71. The Hall–Kier alpha value is -1.94. The summed E-state index contributed by atoms with van der Waals surface area (Å²) in [4.78, 5) is 11.7. The molecule has 0 aliphatic carbocycles. The van der Waals surface area contributed by atoms with Gasteiger partial charge in [0.25, 0.3) is 0 Å². The predicted molar refractivity (Wildman–Crippen MR) is 85.7 cm³/mol. The zero-order chi connectivity index (χ0) is 14.1. The Bertz CT molecular complexity index is 762. The fourth-order valence-corrected chi connectivity index (χ4v) is 3.23. The summed E-state index contributed by atoms with van der Waals surface area (Å²) in [5.74, 6) is 1.79. The quantitative estimate of drug-likeness (QED) is 0.791. The third-order valence-corrected chi connectivity index (χ3v) is 4.35. The van der Waals surface area contributed by atoms with Gasteiger partial charge < -0.3 is 5.32 Å². The monoisotopic (exact) mass is 283 g/mol. The molecule has 3 rings (SSSR count). The van der Waals surface area contributed by atoms with Crippen LogP contribution < -0.4 is 5.32 Å². The van der Waals surface area contributed by atoms with E-state index in [2.05, 4.69) is 54.5 Å². The van der Waals surface area contributed by atoms with Crippen LogP contribution in [0.3, 0.4) is 0 Å². The molecule has 0 atom stereocenters. The number of hydrogen-bond acceptors (Lipinski definition) is 4. The van der Waals surface area contributed by atoms with Crippen LogP contribution in [0.5, 0.6) is 0 Å². The third kappa shape index (κ3) is 2.39. The zero-order valence-electron chi connectivity index (χ0n) is 11.9. The minimum atomic E-state index is 0.772. The van der Waals surface area contributed by atoms with Gasteiger partial charge in [0.2, 0.25) is 0 Å². The molecule has 0 bridgehead atoms. The molecule has 0 radical (unpaired) electrons. The minimum absolute atomic E-state index is 0.772. The first-order valence-electron chi connectivity index (χ1n) is 6.66. The molecular weight excluding hydrogens is 266 g/mol. The molecular formula is C16H17N3S. The number of thiophene rings is 1. The van der Waals surface area contributed by atoms with Crippen LogP contribution in [0.15, 0.2) is 30.3 Å². The number of aromatic nitrogens is 2. The summed E-state index contributed by atoms with van der Waals surface area (Å²) in [6.07, 6.45) is 0.772. The van der Waals surface area contributed by atoms with Crippen molar-refractivity contribution in [1.29, 1.82) is 0 Å². The molecule has 2 aromatic heterocycles. The molecule has 0 aliphatic heterocycles. The van der Waals surface area contributed by atoms with Crippen LogP contribution in [-0.4, -0.2) is 17.0 Å². The first kappa shape index (κ1) is 13.1. The maximum absolute atomic E-state index is 4.71. The molecule has 3 nitrogen and oxygen atoms in total. The Kier molecular flexibility index (Phi) is 3.40. The van der Waals surface area contributed by atoms with Crippen LogP contribution in [-0.2, 0) is 6.42 Å². The summed E-state index contributed by atoms with van der Waals surface area (Å²) in [6, 6.07) is 10.5. The van der Waals surface area contributed by atoms with Gasteiger partial charge in [-0.15, -0.1) is 11.3 Å². The lowest BCUT2D eigenvalue weighted by Crippen LogP contribution is -2.02. The Morgan fingerprint density at radius 3 is 2.70 bits per heavy atom. The number of nitrogens with one attached hydrogen (secondary N) is 1. The van der Waals surface area contributed by atoms with Crippen LogP contribution >= 0.6 is 11.3 Å². The lowest BCUT2D eigenvalue weighted by Gasteiger charge is -2.07. The van der Waals surface area contributed by atoms with Gasteiger partial charge >= 0.3 is 0 Å². The predicted octanol–water partition coefficient (Wildman–Crippen LogP) is 3.94. The molecule has 0 fully saturated rings. The van der Waals surface area contributed by atoms with Gasteiger partial charge in [0.05, 0.1) is 5.39 Å². The van der Waals surface area contributed by atoms with E-state index in [9.17, 15) is 0 Å². The average molecular weight is 283 g/mol. The van der Waals surface area contributed by atoms with Gasteiger partial charge in [-0.25, -0.2) is 9.97 Å². The van der Waals surface area contributed by atoms with E-state index in [0.717, 1.165) is 28.3 Å². The molecule has 0 saturated carbocycles. The molecule has 0 spiro atoms. The van der Waals surface area contributed by atoms with Gasteiger partial charge in [-0.1, -0.05) is 24.3 Å². The summed E-state index contributed by atoms with van der Waals surface area (Å²) in [6.45, 7) is 4.23. The van der Waals surface area contributed by atoms with E-state index in [1.54, 1.807) is 11.3 Å². The van der Waals surface area contributed by atoms with Gasteiger partial charge in [-0.05, 0) is 31.0 Å². The number of aryl methyl sites for hydroxylation is 2. The first-order valence-corrected chi connectivity index (χ1v) is 7.48. The lowest BCUT2D eigenvalue weighted by molar-refractivity contribution is 0.988. The maximum Gasteiger partial charge on any atom is 0.138 e. The third-order valence-electron chi connectivity index (χ3n) is 3.41. The first-order chi connectivity index (χ1) is 9.67. The smallest absolute Gasteiger partial charge is 0.138 e. The fraction of sp³-hybridized carbons (Fsp3) is 0.250. The van der Waals surface area contributed by atoms with E-state index in [0.29, 0.717) is 0 Å². The van der Waals surface area contributed by atoms with Crippen LogP contribution in [0.25, 0.3) is 10.2 Å². The number of hydrogen-bond donors (Lipinski definition) is 1. The SMILES string of the molecule is CNc1nc(Cc2ccccc2C)nc2sc(C)cc12. The summed E-state index contributed by atoms with van der Waals surface area (Å²) < 4.78 is 0. The second kappa shape index (κ2) is 5.21. The van der Waals surface area contributed by atoms with Gasteiger partial charge in [0.15, 0.2) is 0 Å². The number of nitrogens with zero attached hydrogens (tertiary/aromatic N) is 2. The highest BCUT2D eigenvalue weighted by molar-refractivity contribution is 7.18. The summed E-state index contributed by atoms with van der Waals surface area (Å²) >= 11 is 1.72. The van der Waals surface area contributed by atoms with Crippen molar-refractivity contribution in [3.63, 3.8) is 0 Å². The van der Waals surface area contributed by atoms with Crippen molar-refractivity contribution in [2.24, 2.45) is 0 Å². The normalized spacial score (nSPS) is 10.9. The molecule has 0 saturated heterocycles. The largest absolute Gasteiger partial charge is 0.372 e. The molecule has 2 heterocycles. The Morgan fingerprint density at radius 1 is 1.15 bits per heavy atom. The summed E-state index contributed by atoms with van der Waals surface area (Å²) in [5, 5.41) is 4.29. The highest BCUT2D eigenvalue weighted by Crippen LogP contribution is 2.28. The van der Waals surface area contributed by atoms with Crippen molar-refractivity contribution < 1.29 is 0 Å². The number of fused-ring (bicyclic) bond motifs is 1. The molecule has 4 heteroatoms. The Morgan fingerprint density at radius 2 is 1.95 bits per heavy atom. The molecule has 1 N–H and O–H groups in total. The van der Waals surface area contributed by atoms with Crippen LogP contribution in [0.4, 0.5) is 5.82 Å². The molecule has 0 aliphatic rings. The highest BCUT2D eigenvalue weighted by atomic mass is 32.1. The van der Waals surface area contributed by atoms with Gasteiger partial charge in [0, 0.05) is 18.3 Å². The van der Waals surface area contributed by atoms with E-state index in [1.807, 2.05) is 7.05 Å². The van der Waals surface area contributed by atoms with Crippen molar-refractivity contribution in [3.05, 3.63) is 52.2 Å². The van der Waals surface area contributed by atoms with Crippen molar-refractivity contribution in [2.75, 3.05) is 12.4 Å². The van der Waals surface area contributed by atoms with E-state index in [1.165, 1.54) is 16.0 Å².